The SMILES string of the molecule is Nc1nc2c(ncn2[C@@H]2O[C@H](CO)[C@@H](O)[C@H]2P(=O)(O)OC[C@H]2O[C@@H](n3cnc4c(N)ncnc43)[C@H](O)[C@@H]2F)c(=O)[nH]1. The van der Waals surface area contributed by atoms with Crippen molar-refractivity contribution in [3.8, 4) is 0 Å². The molecule has 4 aromatic heterocycles. The van der Waals surface area contributed by atoms with Crippen LogP contribution in [0.4, 0.5) is 16.2 Å². The Morgan fingerprint density at radius 3 is 2.44 bits per heavy atom. The first kappa shape index (κ1) is 27.5. The fourth-order valence-corrected chi connectivity index (χ4v) is 6.64. The summed E-state index contributed by atoms with van der Waals surface area (Å²) < 4.78 is 47.4. The second-order valence-corrected chi connectivity index (χ2v) is 11.4. The number of nitrogens with two attached hydrogens (primary N) is 2. The zero-order valence-electron chi connectivity index (χ0n) is 20.7. The molecule has 0 spiro atoms. The number of imidazole rings is 2. The lowest BCUT2D eigenvalue weighted by Gasteiger charge is -2.26. The minimum atomic E-state index is -4.93. The minimum Gasteiger partial charge on any atom is -0.394 e. The fourth-order valence-electron chi connectivity index (χ4n) is 4.99. The Bertz CT molecular complexity index is 1720. The van der Waals surface area contributed by atoms with Crippen molar-refractivity contribution in [2.45, 2.75) is 48.7 Å². The van der Waals surface area contributed by atoms with Crippen molar-refractivity contribution in [3.63, 3.8) is 0 Å². The normalized spacial score (nSPS) is 31.7. The lowest BCUT2D eigenvalue weighted by molar-refractivity contribution is -0.0484. The highest BCUT2D eigenvalue weighted by atomic mass is 31.2. The molecule has 2 saturated heterocycles. The predicted molar refractivity (Wildman–Crippen MR) is 134 cm³/mol. The highest BCUT2D eigenvalue weighted by molar-refractivity contribution is 7.53. The maximum atomic E-state index is 15.1. The molecule has 21 heteroatoms. The highest BCUT2D eigenvalue weighted by Gasteiger charge is 2.56. The Morgan fingerprint density at radius 1 is 1.02 bits per heavy atom. The first-order valence-corrected chi connectivity index (χ1v) is 13.7. The van der Waals surface area contributed by atoms with Crippen molar-refractivity contribution in [1.29, 1.82) is 0 Å². The number of H-pyrrole nitrogens is 1. The number of nitrogen functional groups attached to an aromatic ring is 2. The van der Waals surface area contributed by atoms with Crippen LogP contribution >= 0.6 is 7.60 Å². The first-order chi connectivity index (χ1) is 19.5. The molecular weight excluding hydrogens is 574 g/mol. The summed E-state index contributed by atoms with van der Waals surface area (Å²) in [6.45, 7) is -1.57. The number of halogens is 1. The lowest BCUT2D eigenvalue weighted by atomic mass is 10.1. The molecule has 6 heterocycles. The summed E-state index contributed by atoms with van der Waals surface area (Å²) in [6, 6.07) is 0. The van der Waals surface area contributed by atoms with E-state index in [4.69, 9.17) is 25.5 Å². The number of nitrogens with zero attached hydrogens (tertiary/aromatic N) is 7. The molecule has 220 valence electrons. The van der Waals surface area contributed by atoms with Gasteiger partial charge in [0, 0.05) is 0 Å². The number of ether oxygens (including phenoxy) is 2. The lowest BCUT2D eigenvalue weighted by Crippen LogP contribution is -2.35. The molecule has 41 heavy (non-hydrogen) atoms. The van der Waals surface area contributed by atoms with Crippen molar-refractivity contribution in [3.05, 3.63) is 29.3 Å². The highest BCUT2D eigenvalue weighted by Crippen LogP contribution is 2.57. The maximum Gasteiger partial charge on any atom is 0.338 e. The molecule has 9 atom stereocenters. The second-order valence-electron chi connectivity index (χ2n) is 9.45. The topological polar surface area (TPSA) is 285 Å². The summed E-state index contributed by atoms with van der Waals surface area (Å²) in [5.74, 6) is -0.220. The molecule has 0 aliphatic carbocycles. The van der Waals surface area contributed by atoms with Crippen molar-refractivity contribution in [1.82, 2.24) is 39.0 Å². The van der Waals surface area contributed by atoms with Crippen LogP contribution in [0.1, 0.15) is 12.5 Å². The zero-order chi connectivity index (χ0) is 29.2. The summed E-state index contributed by atoms with van der Waals surface area (Å²) in [7, 11) is -4.93. The molecule has 0 amide bonds. The predicted octanol–water partition coefficient (Wildman–Crippen LogP) is -2.46. The van der Waals surface area contributed by atoms with Crippen molar-refractivity contribution in [2.75, 3.05) is 24.7 Å². The third-order valence-corrected chi connectivity index (χ3v) is 8.82. The van der Waals surface area contributed by atoms with E-state index in [1.165, 1.54) is 10.9 Å². The van der Waals surface area contributed by atoms with Gasteiger partial charge < -0.3 is 45.7 Å². The van der Waals surface area contributed by atoms with Crippen LogP contribution in [0.3, 0.4) is 0 Å². The summed E-state index contributed by atoms with van der Waals surface area (Å²) in [6.07, 6.45) is -7.81. The first-order valence-electron chi connectivity index (χ1n) is 12.1. The van der Waals surface area contributed by atoms with Gasteiger partial charge in [0.05, 0.1) is 25.9 Å². The van der Waals surface area contributed by atoms with Gasteiger partial charge >= 0.3 is 7.60 Å². The van der Waals surface area contributed by atoms with Crippen LogP contribution < -0.4 is 17.0 Å². The van der Waals surface area contributed by atoms with Crippen LogP contribution in [0, 0.1) is 0 Å². The Labute approximate surface area is 227 Å². The smallest absolute Gasteiger partial charge is 0.338 e. The number of anilines is 2. The van der Waals surface area contributed by atoms with Gasteiger partial charge in [-0.2, -0.15) is 4.98 Å². The van der Waals surface area contributed by atoms with E-state index in [0.717, 1.165) is 17.2 Å². The Kier molecular flexibility index (Phi) is 6.74. The molecular formula is C20H24FN10O9P. The number of aliphatic hydroxyl groups excluding tert-OH is 3. The van der Waals surface area contributed by atoms with E-state index in [2.05, 4.69) is 29.9 Å². The van der Waals surface area contributed by atoms with Gasteiger partial charge in [-0.25, -0.2) is 24.3 Å². The summed E-state index contributed by atoms with van der Waals surface area (Å²) >= 11 is 0. The number of aromatic nitrogens is 8. The minimum absolute atomic E-state index is 0.0559. The molecule has 0 radical (unpaired) electrons. The molecule has 0 saturated carbocycles. The molecule has 2 aliphatic heterocycles. The molecule has 2 aliphatic rings. The Hall–Kier alpha value is -3.62. The van der Waals surface area contributed by atoms with E-state index in [9.17, 15) is 29.6 Å². The number of aromatic amines is 1. The van der Waals surface area contributed by atoms with Gasteiger partial charge in [-0.3, -0.25) is 23.5 Å². The van der Waals surface area contributed by atoms with E-state index < -0.39 is 75.1 Å². The van der Waals surface area contributed by atoms with Crippen molar-refractivity contribution >= 4 is 41.7 Å². The number of hydrogen-bond donors (Lipinski definition) is 7. The van der Waals surface area contributed by atoms with Crippen LogP contribution in [0.25, 0.3) is 22.3 Å². The number of aliphatic hydroxyl groups is 3. The van der Waals surface area contributed by atoms with Gasteiger partial charge in [0.25, 0.3) is 5.56 Å². The fraction of sp³-hybridized carbons (Fsp3) is 0.500. The quantitative estimate of drug-likeness (QED) is 0.109. The molecule has 9 N–H and O–H groups in total. The number of nitrogens with one attached hydrogen (secondary N) is 1. The van der Waals surface area contributed by atoms with Gasteiger partial charge in [-0.05, 0) is 0 Å². The van der Waals surface area contributed by atoms with E-state index >= 15 is 4.39 Å². The Balaban J connectivity index is 1.25. The van der Waals surface area contributed by atoms with Gasteiger partial charge in [-0.15, -0.1) is 0 Å². The number of fused-ring (bicyclic) bond motifs is 2. The second kappa shape index (κ2) is 10.0. The van der Waals surface area contributed by atoms with Crippen molar-refractivity contribution in [2.24, 2.45) is 0 Å². The summed E-state index contributed by atoms with van der Waals surface area (Å²) in [5, 5.41) is 31.0. The molecule has 4 aromatic rings. The van der Waals surface area contributed by atoms with E-state index in [-0.39, 0.29) is 34.1 Å². The molecule has 1 unspecified atom stereocenters. The zero-order valence-corrected chi connectivity index (χ0v) is 21.6. The molecule has 2 fully saturated rings. The van der Waals surface area contributed by atoms with E-state index in [1.54, 1.807) is 0 Å². The Morgan fingerprint density at radius 2 is 1.71 bits per heavy atom. The van der Waals surface area contributed by atoms with Crippen LogP contribution in [-0.4, -0.2) is 109 Å². The van der Waals surface area contributed by atoms with Gasteiger partial charge in [0.15, 0.2) is 41.3 Å². The monoisotopic (exact) mass is 598 g/mol. The molecule has 19 nitrogen and oxygen atoms in total. The molecule has 6 rings (SSSR count). The largest absolute Gasteiger partial charge is 0.394 e. The average molecular weight is 598 g/mol. The number of rotatable bonds is 7. The van der Waals surface area contributed by atoms with Crippen LogP contribution in [0.2, 0.25) is 0 Å². The van der Waals surface area contributed by atoms with Gasteiger partial charge in [-0.1, -0.05) is 0 Å². The number of alkyl halides is 1. The van der Waals surface area contributed by atoms with E-state index in [0.29, 0.717) is 0 Å². The van der Waals surface area contributed by atoms with Gasteiger partial charge in [0.1, 0.15) is 41.9 Å². The number of hydrogen-bond acceptors (Lipinski definition) is 15. The van der Waals surface area contributed by atoms with Gasteiger partial charge in [0.2, 0.25) is 5.95 Å². The van der Waals surface area contributed by atoms with E-state index in [1.807, 2.05) is 0 Å². The van der Waals surface area contributed by atoms with Crippen LogP contribution in [0.15, 0.2) is 23.8 Å². The summed E-state index contributed by atoms with van der Waals surface area (Å²) in [5.41, 5.74) is 9.01. The molecule has 0 aromatic carbocycles. The molecule has 0 bridgehead atoms. The maximum absolute atomic E-state index is 15.1. The summed E-state index contributed by atoms with van der Waals surface area (Å²) in [4.78, 5) is 45.2. The van der Waals surface area contributed by atoms with Crippen LogP contribution in [0.5, 0.6) is 0 Å². The third-order valence-electron chi connectivity index (χ3n) is 6.99. The van der Waals surface area contributed by atoms with Crippen LogP contribution in [-0.2, 0) is 18.6 Å². The average Bonchev–Trinajstić information content (AvgIpc) is 3.68. The third kappa shape index (κ3) is 4.44. The van der Waals surface area contributed by atoms with Crippen molar-refractivity contribution < 1.29 is 43.2 Å². The standard InChI is InChI=1S/C20H24FN10O9P/c21-8-7(40-18(12(8)34)30-4-26-9-14(22)24-3-25-15(9)30)2-38-41(36,37)13-11(33)6(1-32)39-19(13)31-5-27-10-16(31)28-20(23)29-17(10)35/h3-8,11-13,18-19,32-34H,1-2H2,(H,36,37)(H2,22,24,25)(H3,23,28,29,35)/t6-,7-,8-,11-,12-,13-,18-,19-/m1/s1.